The van der Waals surface area contributed by atoms with Crippen molar-refractivity contribution in [3.05, 3.63) is 22.4 Å². The first kappa shape index (κ1) is 11.6. The van der Waals surface area contributed by atoms with Crippen molar-refractivity contribution in [2.45, 2.75) is 19.3 Å². The number of carbonyl (C=O) groups excluding carboxylic acids is 1. The molecule has 1 aliphatic heterocycles. The van der Waals surface area contributed by atoms with E-state index in [1.165, 1.54) is 30.6 Å². The second-order valence-electron chi connectivity index (χ2n) is 4.02. The van der Waals surface area contributed by atoms with E-state index in [1.807, 2.05) is 11.4 Å². The quantitative estimate of drug-likeness (QED) is 0.756. The van der Waals surface area contributed by atoms with Gasteiger partial charge in [0.2, 0.25) is 0 Å². The average Bonchev–Trinajstić information content (AvgIpc) is 2.84. The minimum absolute atomic E-state index is 0.188. The van der Waals surface area contributed by atoms with Gasteiger partial charge in [0.1, 0.15) is 11.5 Å². The predicted molar refractivity (Wildman–Crippen MR) is 64.9 cm³/mol. The number of hydrogen-bond acceptors (Lipinski definition) is 4. The summed E-state index contributed by atoms with van der Waals surface area (Å²) in [5.41, 5.74) is 0. The highest BCUT2D eigenvalue weighted by Gasteiger charge is 2.11. The minimum atomic E-state index is -0.188. The summed E-state index contributed by atoms with van der Waals surface area (Å²) in [6.07, 6.45) is 3.89. The number of esters is 1. The minimum Gasteiger partial charge on any atom is -0.460 e. The lowest BCUT2D eigenvalue weighted by Crippen LogP contribution is -2.33. The summed E-state index contributed by atoms with van der Waals surface area (Å²) in [6, 6.07) is 3.67. The smallest absolute Gasteiger partial charge is 0.348 e. The first-order valence-electron chi connectivity index (χ1n) is 5.79. The van der Waals surface area contributed by atoms with Crippen molar-refractivity contribution in [2.75, 3.05) is 26.2 Å². The van der Waals surface area contributed by atoms with Crippen LogP contribution < -0.4 is 0 Å². The number of ether oxygens (including phenoxy) is 1. The summed E-state index contributed by atoms with van der Waals surface area (Å²) in [4.78, 5) is 14.6. The molecule has 1 saturated heterocycles. The van der Waals surface area contributed by atoms with Crippen molar-refractivity contribution < 1.29 is 9.53 Å². The van der Waals surface area contributed by atoms with Gasteiger partial charge < -0.3 is 4.74 Å². The Bertz CT molecular complexity index is 318. The lowest BCUT2D eigenvalue weighted by Gasteiger charge is -2.25. The molecule has 0 spiro atoms. The van der Waals surface area contributed by atoms with E-state index in [2.05, 4.69) is 4.90 Å². The molecule has 0 radical (unpaired) electrons. The molecule has 88 valence electrons. The zero-order chi connectivity index (χ0) is 11.2. The van der Waals surface area contributed by atoms with Crippen LogP contribution in [0.25, 0.3) is 0 Å². The Hall–Kier alpha value is -0.870. The first-order valence-corrected chi connectivity index (χ1v) is 6.67. The van der Waals surface area contributed by atoms with Crippen LogP contribution in [0.4, 0.5) is 0 Å². The van der Waals surface area contributed by atoms with E-state index in [0.717, 1.165) is 19.6 Å². The van der Waals surface area contributed by atoms with Crippen LogP contribution in [0.15, 0.2) is 17.5 Å². The Morgan fingerprint density at radius 1 is 1.38 bits per heavy atom. The maximum absolute atomic E-state index is 11.5. The Morgan fingerprint density at radius 2 is 2.19 bits per heavy atom. The fourth-order valence-electron chi connectivity index (χ4n) is 1.92. The zero-order valence-corrected chi connectivity index (χ0v) is 10.2. The topological polar surface area (TPSA) is 29.5 Å². The van der Waals surface area contributed by atoms with Crippen LogP contribution in [0, 0.1) is 0 Å². The van der Waals surface area contributed by atoms with E-state index in [-0.39, 0.29) is 5.97 Å². The Balaban J connectivity index is 1.66. The molecule has 0 aliphatic carbocycles. The van der Waals surface area contributed by atoms with Crippen molar-refractivity contribution >= 4 is 17.3 Å². The summed E-state index contributed by atoms with van der Waals surface area (Å²) in [6.45, 7) is 3.68. The highest BCUT2D eigenvalue weighted by Crippen LogP contribution is 2.11. The molecule has 0 atom stereocenters. The van der Waals surface area contributed by atoms with Gasteiger partial charge in [-0.25, -0.2) is 4.79 Å². The van der Waals surface area contributed by atoms with Crippen molar-refractivity contribution in [3.63, 3.8) is 0 Å². The molecule has 0 aromatic carbocycles. The van der Waals surface area contributed by atoms with E-state index in [9.17, 15) is 4.79 Å². The van der Waals surface area contributed by atoms with Crippen LogP contribution in [0.2, 0.25) is 0 Å². The maximum Gasteiger partial charge on any atom is 0.348 e. The molecule has 0 saturated carbocycles. The van der Waals surface area contributed by atoms with Crippen LogP contribution in [0.1, 0.15) is 28.9 Å². The van der Waals surface area contributed by atoms with Gasteiger partial charge in [-0.05, 0) is 37.4 Å². The van der Waals surface area contributed by atoms with E-state index in [1.54, 1.807) is 6.07 Å². The molecular formula is C12H17NO2S. The molecule has 0 bridgehead atoms. The summed E-state index contributed by atoms with van der Waals surface area (Å²) < 4.78 is 5.22. The van der Waals surface area contributed by atoms with E-state index < -0.39 is 0 Å². The highest BCUT2D eigenvalue weighted by atomic mass is 32.1. The predicted octanol–water partition coefficient (Wildman–Crippen LogP) is 2.39. The van der Waals surface area contributed by atoms with E-state index >= 15 is 0 Å². The van der Waals surface area contributed by atoms with Crippen molar-refractivity contribution in [1.29, 1.82) is 0 Å². The van der Waals surface area contributed by atoms with Crippen LogP contribution in [-0.2, 0) is 4.74 Å². The molecule has 0 N–H and O–H groups in total. The molecule has 1 aromatic rings. The number of piperidine rings is 1. The fourth-order valence-corrected chi connectivity index (χ4v) is 2.53. The normalized spacial score (nSPS) is 17.2. The van der Waals surface area contributed by atoms with Crippen molar-refractivity contribution in [3.8, 4) is 0 Å². The van der Waals surface area contributed by atoms with Gasteiger partial charge in [0, 0.05) is 6.54 Å². The highest BCUT2D eigenvalue weighted by molar-refractivity contribution is 7.11. The third-order valence-electron chi connectivity index (χ3n) is 2.81. The monoisotopic (exact) mass is 239 g/mol. The lowest BCUT2D eigenvalue weighted by atomic mass is 10.1. The molecule has 2 heterocycles. The van der Waals surface area contributed by atoms with Gasteiger partial charge in [0.05, 0.1) is 0 Å². The molecule has 2 rings (SSSR count). The second kappa shape index (κ2) is 6.01. The van der Waals surface area contributed by atoms with Crippen LogP contribution in [-0.4, -0.2) is 37.1 Å². The van der Waals surface area contributed by atoms with Gasteiger partial charge in [-0.1, -0.05) is 12.5 Å². The zero-order valence-electron chi connectivity index (χ0n) is 9.35. The van der Waals surface area contributed by atoms with Gasteiger partial charge in [-0.3, -0.25) is 4.90 Å². The standard InChI is InChI=1S/C12H17NO2S/c14-12(11-5-4-10-16-11)15-9-8-13-6-2-1-3-7-13/h4-5,10H,1-3,6-9H2. The molecule has 0 amide bonds. The Morgan fingerprint density at radius 3 is 2.88 bits per heavy atom. The van der Waals surface area contributed by atoms with E-state index in [4.69, 9.17) is 4.74 Å². The van der Waals surface area contributed by atoms with E-state index in [0.29, 0.717) is 11.5 Å². The third kappa shape index (κ3) is 3.32. The van der Waals surface area contributed by atoms with Crippen molar-refractivity contribution in [2.24, 2.45) is 0 Å². The van der Waals surface area contributed by atoms with Crippen molar-refractivity contribution in [1.82, 2.24) is 4.90 Å². The number of thiophene rings is 1. The number of likely N-dealkylation sites (tertiary alicyclic amines) is 1. The number of nitrogens with zero attached hydrogens (tertiary/aromatic N) is 1. The second-order valence-corrected chi connectivity index (χ2v) is 4.96. The van der Waals surface area contributed by atoms with Crippen LogP contribution in [0.5, 0.6) is 0 Å². The lowest BCUT2D eigenvalue weighted by molar-refractivity contribution is 0.0457. The molecule has 1 fully saturated rings. The number of hydrogen-bond donors (Lipinski definition) is 0. The van der Waals surface area contributed by atoms with Gasteiger partial charge in [-0.15, -0.1) is 11.3 Å². The largest absolute Gasteiger partial charge is 0.460 e. The first-order chi connectivity index (χ1) is 7.86. The molecular weight excluding hydrogens is 222 g/mol. The van der Waals surface area contributed by atoms with Gasteiger partial charge in [-0.2, -0.15) is 0 Å². The summed E-state index contributed by atoms with van der Waals surface area (Å²) in [5, 5.41) is 1.89. The van der Waals surface area contributed by atoms with Crippen LogP contribution in [0.3, 0.4) is 0 Å². The average molecular weight is 239 g/mol. The number of carbonyl (C=O) groups is 1. The van der Waals surface area contributed by atoms with Gasteiger partial charge >= 0.3 is 5.97 Å². The molecule has 16 heavy (non-hydrogen) atoms. The van der Waals surface area contributed by atoms with Gasteiger partial charge in [0.15, 0.2) is 0 Å². The SMILES string of the molecule is O=C(OCCN1CCCCC1)c1cccs1. The molecule has 0 unspecified atom stereocenters. The Labute approximate surface area is 100 Å². The summed E-state index contributed by atoms with van der Waals surface area (Å²) in [5.74, 6) is -0.188. The molecule has 1 aromatic heterocycles. The summed E-state index contributed by atoms with van der Waals surface area (Å²) >= 11 is 1.43. The molecule has 4 heteroatoms. The Kier molecular flexibility index (Phi) is 4.36. The molecule has 3 nitrogen and oxygen atoms in total. The number of rotatable bonds is 4. The van der Waals surface area contributed by atoms with Crippen LogP contribution >= 0.6 is 11.3 Å². The molecule has 1 aliphatic rings. The maximum atomic E-state index is 11.5. The third-order valence-corrected chi connectivity index (χ3v) is 3.66. The summed E-state index contributed by atoms with van der Waals surface area (Å²) in [7, 11) is 0. The van der Waals surface area contributed by atoms with Gasteiger partial charge in [0.25, 0.3) is 0 Å². The fraction of sp³-hybridized carbons (Fsp3) is 0.583.